The summed E-state index contributed by atoms with van der Waals surface area (Å²) in [6.07, 6.45) is 1.07. The van der Waals surface area contributed by atoms with Crippen molar-refractivity contribution >= 4 is 11.6 Å². The van der Waals surface area contributed by atoms with Gasteiger partial charge in [-0.15, -0.1) is 11.6 Å². The van der Waals surface area contributed by atoms with E-state index in [-0.39, 0.29) is 0 Å². The van der Waals surface area contributed by atoms with E-state index in [2.05, 4.69) is 24.0 Å². The zero-order valence-corrected chi connectivity index (χ0v) is 12.6. The maximum Gasteiger partial charge on any atom is 0.161 e. The van der Waals surface area contributed by atoms with Crippen molar-refractivity contribution in [2.45, 2.75) is 25.3 Å². The SMILES string of the molecule is COc1ccc(CN2CCC(Cl)C(C)C2)cc1OC. The Kier molecular flexibility index (Phi) is 4.94. The van der Waals surface area contributed by atoms with E-state index in [0.717, 1.165) is 37.6 Å². The predicted molar refractivity (Wildman–Crippen MR) is 78.2 cm³/mol. The van der Waals surface area contributed by atoms with Crippen molar-refractivity contribution in [2.24, 2.45) is 5.92 Å². The van der Waals surface area contributed by atoms with Gasteiger partial charge < -0.3 is 9.47 Å². The van der Waals surface area contributed by atoms with Crippen LogP contribution in [0, 0.1) is 5.92 Å². The fraction of sp³-hybridized carbons (Fsp3) is 0.600. The Balaban J connectivity index is 2.03. The van der Waals surface area contributed by atoms with Gasteiger partial charge in [0.2, 0.25) is 0 Å². The van der Waals surface area contributed by atoms with Gasteiger partial charge in [0.25, 0.3) is 0 Å². The summed E-state index contributed by atoms with van der Waals surface area (Å²) in [6.45, 7) is 5.28. The van der Waals surface area contributed by atoms with Crippen LogP contribution >= 0.6 is 11.6 Å². The molecule has 1 heterocycles. The number of alkyl halides is 1. The maximum absolute atomic E-state index is 6.26. The number of piperidine rings is 1. The fourth-order valence-corrected chi connectivity index (χ4v) is 2.76. The first kappa shape index (κ1) is 14.5. The molecular formula is C15H22ClNO2. The molecule has 3 nitrogen and oxygen atoms in total. The molecule has 0 spiro atoms. The molecule has 2 unspecified atom stereocenters. The molecule has 1 fully saturated rings. The minimum Gasteiger partial charge on any atom is -0.493 e. The zero-order chi connectivity index (χ0) is 13.8. The molecule has 1 aliphatic heterocycles. The van der Waals surface area contributed by atoms with Crippen molar-refractivity contribution in [3.05, 3.63) is 23.8 Å². The minimum absolute atomic E-state index is 0.321. The Morgan fingerprint density at radius 3 is 2.63 bits per heavy atom. The van der Waals surface area contributed by atoms with Crippen LogP contribution in [0.2, 0.25) is 0 Å². The van der Waals surface area contributed by atoms with Crippen LogP contribution in [-0.4, -0.2) is 37.6 Å². The number of halogens is 1. The van der Waals surface area contributed by atoms with Crippen LogP contribution in [0.1, 0.15) is 18.9 Å². The molecule has 0 radical (unpaired) electrons. The third-order valence-electron chi connectivity index (χ3n) is 3.74. The minimum atomic E-state index is 0.321. The van der Waals surface area contributed by atoms with Crippen LogP contribution in [0.3, 0.4) is 0 Å². The van der Waals surface area contributed by atoms with E-state index in [4.69, 9.17) is 21.1 Å². The lowest BCUT2D eigenvalue weighted by atomic mass is 9.99. The number of benzene rings is 1. The van der Waals surface area contributed by atoms with Gasteiger partial charge in [0, 0.05) is 18.5 Å². The average molecular weight is 284 g/mol. The Labute approximate surface area is 120 Å². The Morgan fingerprint density at radius 1 is 1.26 bits per heavy atom. The lowest BCUT2D eigenvalue weighted by Crippen LogP contribution is -2.39. The van der Waals surface area contributed by atoms with E-state index < -0.39 is 0 Å². The van der Waals surface area contributed by atoms with Crippen LogP contribution in [0.4, 0.5) is 0 Å². The van der Waals surface area contributed by atoms with Gasteiger partial charge in [-0.25, -0.2) is 0 Å². The van der Waals surface area contributed by atoms with E-state index in [1.807, 2.05) is 6.07 Å². The molecule has 0 amide bonds. The summed E-state index contributed by atoms with van der Waals surface area (Å²) in [5, 5.41) is 0.321. The monoisotopic (exact) mass is 283 g/mol. The van der Waals surface area contributed by atoms with E-state index in [1.165, 1.54) is 5.56 Å². The third kappa shape index (κ3) is 3.54. The second kappa shape index (κ2) is 6.49. The molecule has 2 rings (SSSR count). The molecule has 4 heteroatoms. The molecule has 0 N–H and O–H groups in total. The Bertz CT molecular complexity index is 425. The van der Waals surface area contributed by atoms with Crippen molar-refractivity contribution in [1.82, 2.24) is 4.90 Å². The zero-order valence-electron chi connectivity index (χ0n) is 11.9. The standard InChI is InChI=1S/C15H22ClNO2/c1-11-9-17(7-6-13(11)16)10-12-4-5-14(18-2)15(8-12)19-3/h4-5,8,11,13H,6-7,9-10H2,1-3H3. The van der Waals surface area contributed by atoms with Gasteiger partial charge in [-0.1, -0.05) is 13.0 Å². The number of methoxy groups -OCH3 is 2. The molecule has 19 heavy (non-hydrogen) atoms. The smallest absolute Gasteiger partial charge is 0.161 e. The van der Waals surface area contributed by atoms with Crippen LogP contribution in [-0.2, 0) is 6.54 Å². The summed E-state index contributed by atoms with van der Waals surface area (Å²) in [5.74, 6) is 2.12. The molecule has 2 atom stereocenters. The van der Waals surface area contributed by atoms with E-state index in [9.17, 15) is 0 Å². The first-order valence-corrected chi connectivity index (χ1v) is 7.15. The molecule has 1 aromatic carbocycles. The Morgan fingerprint density at radius 2 is 2.00 bits per heavy atom. The molecule has 106 valence electrons. The average Bonchev–Trinajstić information content (AvgIpc) is 2.43. The Hall–Kier alpha value is -0.930. The van der Waals surface area contributed by atoms with Crippen molar-refractivity contribution < 1.29 is 9.47 Å². The molecule has 1 aliphatic rings. The van der Waals surface area contributed by atoms with Gasteiger partial charge in [0.15, 0.2) is 11.5 Å². The summed E-state index contributed by atoms with van der Waals surface area (Å²) in [7, 11) is 3.33. The lowest BCUT2D eigenvalue weighted by Gasteiger charge is -2.34. The molecule has 0 aromatic heterocycles. The third-order valence-corrected chi connectivity index (χ3v) is 4.39. The number of ether oxygens (including phenoxy) is 2. The number of hydrogen-bond acceptors (Lipinski definition) is 3. The van der Waals surface area contributed by atoms with Gasteiger partial charge >= 0.3 is 0 Å². The highest BCUT2D eigenvalue weighted by atomic mass is 35.5. The fourth-order valence-electron chi connectivity index (χ4n) is 2.58. The van der Waals surface area contributed by atoms with Crippen molar-refractivity contribution in [3.8, 4) is 11.5 Å². The quantitative estimate of drug-likeness (QED) is 0.793. The predicted octanol–water partition coefficient (Wildman–Crippen LogP) is 3.15. The summed E-state index contributed by atoms with van der Waals surface area (Å²) < 4.78 is 10.6. The highest BCUT2D eigenvalue weighted by molar-refractivity contribution is 6.20. The summed E-state index contributed by atoms with van der Waals surface area (Å²) in [5.41, 5.74) is 1.25. The van der Waals surface area contributed by atoms with Crippen LogP contribution < -0.4 is 9.47 Å². The first-order valence-electron chi connectivity index (χ1n) is 6.71. The van der Waals surface area contributed by atoms with Crippen LogP contribution in [0.15, 0.2) is 18.2 Å². The topological polar surface area (TPSA) is 21.7 Å². The van der Waals surface area contributed by atoms with E-state index in [1.54, 1.807) is 14.2 Å². The molecule has 0 aliphatic carbocycles. The largest absolute Gasteiger partial charge is 0.493 e. The second-order valence-corrected chi connectivity index (χ2v) is 5.77. The van der Waals surface area contributed by atoms with Gasteiger partial charge in [0.1, 0.15) is 0 Å². The van der Waals surface area contributed by atoms with Crippen LogP contribution in [0.5, 0.6) is 11.5 Å². The number of likely N-dealkylation sites (tertiary alicyclic amines) is 1. The highest BCUT2D eigenvalue weighted by Gasteiger charge is 2.24. The molecule has 1 aromatic rings. The molecule has 0 bridgehead atoms. The van der Waals surface area contributed by atoms with Gasteiger partial charge in [0.05, 0.1) is 14.2 Å². The van der Waals surface area contributed by atoms with Crippen LogP contribution in [0.25, 0.3) is 0 Å². The molecule has 0 saturated carbocycles. The summed E-state index contributed by atoms with van der Waals surface area (Å²) in [6, 6.07) is 6.11. The van der Waals surface area contributed by atoms with Crippen molar-refractivity contribution in [1.29, 1.82) is 0 Å². The van der Waals surface area contributed by atoms with Gasteiger partial charge in [-0.05, 0) is 36.6 Å². The highest BCUT2D eigenvalue weighted by Crippen LogP contribution is 2.29. The molecular weight excluding hydrogens is 262 g/mol. The van der Waals surface area contributed by atoms with Gasteiger partial charge in [-0.3, -0.25) is 4.90 Å². The maximum atomic E-state index is 6.26. The normalized spacial score (nSPS) is 24.2. The van der Waals surface area contributed by atoms with E-state index >= 15 is 0 Å². The molecule has 1 saturated heterocycles. The van der Waals surface area contributed by atoms with E-state index in [0.29, 0.717) is 11.3 Å². The number of hydrogen-bond donors (Lipinski definition) is 0. The van der Waals surface area contributed by atoms with Crippen molar-refractivity contribution in [2.75, 3.05) is 27.3 Å². The number of nitrogens with zero attached hydrogens (tertiary/aromatic N) is 1. The second-order valence-electron chi connectivity index (χ2n) is 5.21. The lowest BCUT2D eigenvalue weighted by molar-refractivity contribution is 0.179. The van der Waals surface area contributed by atoms with Gasteiger partial charge in [-0.2, -0.15) is 0 Å². The first-order chi connectivity index (χ1) is 9.13. The number of rotatable bonds is 4. The summed E-state index contributed by atoms with van der Waals surface area (Å²) in [4.78, 5) is 2.45. The van der Waals surface area contributed by atoms with Crippen molar-refractivity contribution in [3.63, 3.8) is 0 Å². The summed E-state index contributed by atoms with van der Waals surface area (Å²) >= 11 is 6.26.